The number of H-pyrrole nitrogens is 1. The minimum absolute atomic E-state index is 0.0596. The molecule has 0 unspecified atom stereocenters. The lowest BCUT2D eigenvalue weighted by Gasteiger charge is -2.06. The Morgan fingerprint density at radius 3 is 3.05 bits per heavy atom. The highest BCUT2D eigenvalue weighted by Gasteiger charge is 2.05. The van der Waals surface area contributed by atoms with Crippen LogP contribution in [-0.2, 0) is 4.74 Å². The van der Waals surface area contributed by atoms with Gasteiger partial charge < -0.3 is 15.0 Å². The average molecular weight is 260 g/mol. The maximum Gasteiger partial charge on any atom is 0.251 e. The third kappa shape index (κ3) is 3.83. The normalized spacial score (nSPS) is 10.8. The maximum absolute atomic E-state index is 11.9. The van der Waals surface area contributed by atoms with Crippen LogP contribution in [0.2, 0.25) is 0 Å². The molecular formula is C15H20N2O2. The van der Waals surface area contributed by atoms with E-state index in [1.165, 1.54) is 0 Å². The summed E-state index contributed by atoms with van der Waals surface area (Å²) in [5.41, 5.74) is 1.65. The summed E-state index contributed by atoms with van der Waals surface area (Å²) >= 11 is 0. The van der Waals surface area contributed by atoms with E-state index in [0.29, 0.717) is 18.7 Å². The molecule has 0 aliphatic carbocycles. The zero-order valence-corrected chi connectivity index (χ0v) is 11.2. The van der Waals surface area contributed by atoms with E-state index in [1.807, 2.05) is 30.5 Å². The van der Waals surface area contributed by atoms with Crippen molar-refractivity contribution in [1.29, 1.82) is 0 Å². The van der Waals surface area contributed by atoms with Crippen LogP contribution in [0.1, 0.15) is 30.1 Å². The number of aromatic nitrogens is 1. The van der Waals surface area contributed by atoms with E-state index in [2.05, 4.69) is 17.2 Å². The maximum atomic E-state index is 11.9. The molecule has 4 nitrogen and oxygen atoms in total. The van der Waals surface area contributed by atoms with Crippen LogP contribution in [0.15, 0.2) is 30.5 Å². The van der Waals surface area contributed by atoms with Gasteiger partial charge in [-0.15, -0.1) is 0 Å². The van der Waals surface area contributed by atoms with Gasteiger partial charge in [-0.1, -0.05) is 19.4 Å². The Balaban J connectivity index is 1.79. The molecule has 0 atom stereocenters. The van der Waals surface area contributed by atoms with Crippen molar-refractivity contribution in [3.63, 3.8) is 0 Å². The smallest absolute Gasteiger partial charge is 0.251 e. The van der Waals surface area contributed by atoms with Crippen molar-refractivity contribution in [3.05, 3.63) is 36.0 Å². The van der Waals surface area contributed by atoms with Gasteiger partial charge in [0.1, 0.15) is 0 Å². The molecule has 1 aromatic carbocycles. The molecule has 1 heterocycles. The number of amides is 1. The lowest BCUT2D eigenvalue weighted by atomic mass is 10.1. The summed E-state index contributed by atoms with van der Waals surface area (Å²) in [4.78, 5) is 15.0. The first-order valence-corrected chi connectivity index (χ1v) is 6.74. The fourth-order valence-electron chi connectivity index (χ4n) is 1.88. The number of fused-ring (bicyclic) bond motifs is 1. The molecule has 4 heteroatoms. The summed E-state index contributed by atoms with van der Waals surface area (Å²) < 4.78 is 5.40. The Morgan fingerprint density at radius 1 is 1.32 bits per heavy atom. The monoisotopic (exact) mass is 260 g/mol. The van der Waals surface area contributed by atoms with Crippen molar-refractivity contribution < 1.29 is 9.53 Å². The van der Waals surface area contributed by atoms with Gasteiger partial charge in [-0.2, -0.15) is 0 Å². The number of hydrogen-bond acceptors (Lipinski definition) is 2. The van der Waals surface area contributed by atoms with Crippen molar-refractivity contribution in [2.24, 2.45) is 0 Å². The predicted octanol–water partition coefficient (Wildman–Crippen LogP) is 2.71. The standard InChI is InChI=1S/C15H20N2O2/c1-2-3-9-19-10-8-17-15(18)13-5-4-12-6-7-16-14(12)11-13/h4-7,11,16H,2-3,8-10H2,1H3,(H,17,18). The van der Waals surface area contributed by atoms with Gasteiger partial charge in [0.2, 0.25) is 0 Å². The van der Waals surface area contributed by atoms with Crippen molar-refractivity contribution in [2.75, 3.05) is 19.8 Å². The molecule has 2 rings (SSSR count). The Bertz CT molecular complexity index is 534. The molecule has 1 amide bonds. The van der Waals surface area contributed by atoms with Crippen molar-refractivity contribution in [2.45, 2.75) is 19.8 Å². The number of unbranched alkanes of at least 4 members (excludes halogenated alkanes) is 1. The third-order valence-corrected chi connectivity index (χ3v) is 2.99. The topological polar surface area (TPSA) is 54.1 Å². The molecule has 0 spiro atoms. The highest BCUT2D eigenvalue weighted by Crippen LogP contribution is 2.13. The van der Waals surface area contributed by atoms with Crippen LogP contribution in [0, 0.1) is 0 Å². The van der Waals surface area contributed by atoms with Gasteiger partial charge >= 0.3 is 0 Å². The molecule has 0 aliphatic heterocycles. The van der Waals surface area contributed by atoms with Crippen molar-refractivity contribution in [1.82, 2.24) is 10.3 Å². The number of carbonyl (C=O) groups is 1. The molecule has 0 saturated carbocycles. The predicted molar refractivity (Wildman–Crippen MR) is 76.4 cm³/mol. The number of ether oxygens (including phenoxy) is 1. The average Bonchev–Trinajstić information content (AvgIpc) is 2.89. The fourth-order valence-corrected chi connectivity index (χ4v) is 1.88. The molecule has 0 radical (unpaired) electrons. The lowest BCUT2D eigenvalue weighted by molar-refractivity contribution is 0.0913. The van der Waals surface area contributed by atoms with Crippen LogP contribution in [0.3, 0.4) is 0 Å². The first kappa shape index (κ1) is 13.6. The summed E-state index contributed by atoms with van der Waals surface area (Å²) in [7, 11) is 0. The van der Waals surface area contributed by atoms with Gasteiger partial charge in [-0.3, -0.25) is 4.79 Å². The highest BCUT2D eigenvalue weighted by atomic mass is 16.5. The third-order valence-electron chi connectivity index (χ3n) is 2.99. The second-order valence-electron chi connectivity index (χ2n) is 4.50. The van der Waals surface area contributed by atoms with Crippen LogP contribution in [0.4, 0.5) is 0 Å². The Morgan fingerprint density at radius 2 is 2.21 bits per heavy atom. The summed E-state index contributed by atoms with van der Waals surface area (Å²) in [5, 5.41) is 3.97. The summed E-state index contributed by atoms with van der Waals surface area (Å²) in [6.45, 7) is 4.00. The largest absolute Gasteiger partial charge is 0.380 e. The minimum Gasteiger partial charge on any atom is -0.380 e. The highest BCUT2D eigenvalue weighted by molar-refractivity contribution is 5.97. The van der Waals surface area contributed by atoms with Gasteiger partial charge in [0.05, 0.1) is 6.61 Å². The van der Waals surface area contributed by atoms with Gasteiger partial charge in [-0.25, -0.2) is 0 Å². The van der Waals surface area contributed by atoms with Crippen LogP contribution in [-0.4, -0.2) is 30.6 Å². The van der Waals surface area contributed by atoms with Gasteiger partial charge in [-0.05, 0) is 30.0 Å². The molecule has 0 aliphatic rings. The van der Waals surface area contributed by atoms with Crippen LogP contribution in [0.5, 0.6) is 0 Å². The summed E-state index contributed by atoms with van der Waals surface area (Å²) in [5.74, 6) is -0.0596. The Labute approximate surface area is 113 Å². The SMILES string of the molecule is CCCCOCCNC(=O)c1ccc2cc[nH]c2c1. The van der Waals surface area contributed by atoms with Gasteiger partial charge in [0.15, 0.2) is 0 Å². The lowest BCUT2D eigenvalue weighted by Crippen LogP contribution is -2.27. The van der Waals surface area contributed by atoms with Gasteiger partial charge in [0.25, 0.3) is 5.91 Å². The molecule has 102 valence electrons. The Hall–Kier alpha value is -1.81. The second kappa shape index (κ2) is 6.95. The van der Waals surface area contributed by atoms with E-state index in [-0.39, 0.29) is 5.91 Å². The van der Waals surface area contributed by atoms with E-state index in [0.717, 1.165) is 30.4 Å². The van der Waals surface area contributed by atoms with Crippen LogP contribution >= 0.6 is 0 Å². The van der Waals surface area contributed by atoms with Gasteiger partial charge in [0, 0.05) is 30.4 Å². The first-order chi connectivity index (χ1) is 9.31. The number of hydrogen-bond donors (Lipinski definition) is 2. The van der Waals surface area contributed by atoms with E-state index < -0.39 is 0 Å². The van der Waals surface area contributed by atoms with Crippen LogP contribution in [0.25, 0.3) is 10.9 Å². The quantitative estimate of drug-likeness (QED) is 0.752. The molecule has 0 bridgehead atoms. The fraction of sp³-hybridized carbons (Fsp3) is 0.400. The van der Waals surface area contributed by atoms with Crippen molar-refractivity contribution in [3.8, 4) is 0 Å². The Kier molecular flexibility index (Phi) is 4.98. The van der Waals surface area contributed by atoms with E-state index in [9.17, 15) is 4.79 Å². The number of benzene rings is 1. The zero-order valence-electron chi connectivity index (χ0n) is 11.2. The minimum atomic E-state index is -0.0596. The molecular weight excluding hydrogens is 240 g/mol. The van der Waals surface area contributed by atoms with Crippen molar-refractivity contribution >= 4 is 16.8 Å². The first-order valence-electron chi connectivity index (χ1n) is 6.74. The number of nitrogens with one attached hydrogen (secondary N) is 2. The van der Waals surface area contributed by atoms with E-state index >= 15 is 0 Å². The van der Waals surface area contributed by atoms with E-state index in [4.69, 9.17) is 4.74 Å². The molecule has 0 saturated heterocycles. The molecule has 2 N–H and O–H groups in total. The molecule has 1 aromatic heterocycles. The number of aromatic amines is 1. The number of rotatable bonds is 7. The zero-order chi connectivity index (χ0) is 13.5. The summed E-state index contributed by atoms with van der Waals surface area (Å²) in [6, 6.07) is 7.63. The second-order valence-corrected chi connectivity index (χ2v) is 4.50. The molecule has 2 aromatic rings. The molecule has 19 heavy (non-hydrogen) atoms. The van der Waals surface area contributed by atoms with E-state index in [1.54, 1.807) is 0 Å². The summed E-state index contributed by atoms with van der Waals surface area (Å²) in [6.07, 6.45) is 4.06. The number of carbonyl (C=O) groups excluding carboxylic acids is 1. The van der Waals surface area contributed by atoms with Crippen LogP contribution < -0.4 is 5.32 Å². The molecule has 0 fully saturated rings.